The summed E-state index contributed by atoms with van der Waals surface area (Å²) in [6.45, 7) is 13.8. The average Bonchev–Trinajstić information content (AvgIpc) is 3.08. The van der Waals surface area contributed by atoms with Crippen LogP contribution < -0.4 is 14.8 Å². The molecule has 0 aromatic heterocycles. The molecule has 0 unspecified atom stereocenters. The van der Waals surface area contributed by atoms with Gasteiger partial charge in [-0.2, -0.15) is 0 Å². The number of benzene rings is 4. The first-order valence-corrected chi connectivity index (χ1v) is 16.9. The minimum Gasteiger partial charge on any atom is -0.489 e. The third-order valence-corrected chi connectivity index (χ3v) is 9.58. The van der Waals surface area contributed by atoms with Gasteiger partial charge in [0.2, 0.25) is 0 Å². The SMILES string of the molecule is Cc1cc(OCc2cccc(-c3cccc(COc4cc(C)c(CNC(CO)CO)cc4C)c3C)c2C)c(C)cc1CCC(CO)CO. The fourth-order valence-corrected chi connectivity index (χ4v) is 6.09. The topological polar surface area (TPSA) is 111 Å². The lowest BCUT2D eigenvalue weighted by molar-refractivity contribution is 0.144. The summed E-state index contributed by atoms with van der Waals surface area (Å²) in [4.78, 5) is 0. The monoisotopic (exact) mass is 655 g/mol. The van der Waals surface area contributed by atoms with Crippen molar-refractivity contribution in [2.45, 2.75) is 80.2 Å². The smallest absolute Gasteiger partial charge is 0.123 e. The van der Waals surface area contributed by atoms with Gasteiger partial charge < -0.3 is 35.2 Å². The summed E-state index contributed by atoms with van der Waals surface area (Å²) in [5, 5.41) is 40.8. The second-order valence-electron chi connectivity index (χ2n) is 13.1. The zero-order valence-corrected chi connectivity index (χ0v) is 29.4. The molecule has 258 valence electrons. The minimum absolute atomic E-state index is 0.000387. The van der Waals surface area contributed by atoms with Crippen LogP contribution in [0.5, 0.6) is 11.5 Å². The molecule has 0 aliphatic carbocycles. The van der Waals surface area contributed by atoms with E-state index in [2.05, 4.69) is 93.7 Å². The summed E-state index contributed by atoms with van der Waals surface area (Å²) in [6, 6.07) is 20.9. The van der Waals surface area contributed by atoms with Gasteiger partial charge in [0.1, 0.15) is 24.7 Å². The number of ether oxygens (including phenoxy) is 2. The fourth-order valence-electron chi connectivity index (χ4n) is 6.09. The Morgan fingerprint density at radius 2 is 1.04 bits per heavy atom. The molecular formula is C41H53NO6. The lowest BCUT2D eigenvalue weighted by atomic mass is 9.91. The predicted octanol–water partition coefficient (Wildman–Crippen LogP) is 6.34. The molecule has 7 heteroatoms. The first kappa shape index (κ1) is 37.1. The number of aryl methyl sites for hydroxylation is 5. The van der Waals surface area contributed by atoms with E-state index >= 15 is 0 Å². The van der Waals surface area contributed by atoms with Crippen LogP contribution >= 0.6 is 0 Å². The van der Waals surface area contributed by atoms with Gasteiger partial charge in [-0.1, -0.05) is 48.5 Å². The fraction of sp³-hybridized carbons (Fsp3) is 0.415. The molecule has 0 aliphatic rings. The molecule has 48 heavy (non-hydrogen) atoms. The maximum absolute atomic E-state index is 9.43. The summed E-state index contributed by atoms with van der Waals surface area (Å²) in [5.74, 6) is 1.62. The van der Waals surface area contributed by atoms with Crippen LogP contribution in [0.4, 0.5) is 0 Å². The number of aliphatic hydroxyl groups is 4. The van der Waals surface area contributed by atoms with Gasteiger partial charge in [-0.05, 0) is 133 Å². The molecule has 0 amide bonds. The zero-order chi connectivity index (χ0) is 34.8. The van der Waals surface area contributed by atoms with E-state index < -0.39 is 0 Å². The summed E-state index contributed by atoms with van der Waals surface area (Å²) in [5.41, 5.74) is 13.7. The number of nitrogens with one attached hydrogen (secondary N) is 1. The highest BCUT2D eigenvalue weighted by molar-refractivity contribution is 5.72. The molecule has 0 atom stereocenters. The Balaban J connectivity index is 1.46. The van der Waals surface area contributed by atoms with Gasteiger partial charge in [0.05, 0.1) is 19.3 Å². The van der Waals surface area contributed by atoms with Crippen LogP contribution in [0, 0.1) is 47.5 Å². The van der Waals surface area contributed by atoms with Crippen molar-refractivity contribution in [2.24, 2.45) is 5.92 Å². The molecule has 5 N–H and O–H groups in total. The van der Waals surface area contributed by atoms with Gasteiger partial charge in [-0.25, -0.2) is 0 Å². The van der Waals surface area contributed by atoms with E-state index in [-0.39, 0.29) is 38.4 Å². The van der Waals surface area contributed by atoms with E-state index in [1.54, 1.807) is 0 Å². The first-order valence-electron chi connectivity index (χ1n) is 16.9. The Morgan fingerprint density at radius 3 is 1.52 bits per heavy atom. The van der Waals surface area contributed by atoms with E-state index in [0.717, 1.165) is 63.3 Å². The Kier molecular flexibility index (Phi) is 13.6. The molecule has 0 saturated carbocycles. The van der Waals surface area contributed by atoms with Gasteiger partial charge in [-0.15, -0.1) is 0 Å². The highest BCUT2D eigenvalue weighted by Gasteiger charge is 2.15. The van der Waals surface area contributed by atoms with Gasteiger partial charge in [0.15, 0.2) is 0 Å². The van der Waals surface area contributed by atoms with Crippen molar-refractivity contribution in [3.63, 3.8) is 0 Å². The molecule has 0 spiro atoms. The van der Waals surface area contributed by atoms with Crippen molar-refractivity contribution < 1.29 is 29.9 Å². The predicted molar refractivity (Wildman–Crippen MR) is 193 cm³/mol. The zero-order valence-electron chi connectivity index (χ0n) is 29.4. The van der Waals surface area contributed by atoms with E-state index in [1.165, 1.54) is 27.8 Å². The maximum Gasteiger partial charge on any atom is 0.123 e. The highest BCUT2D eigenvalue weighted by atomic mass is 16.5. The third kappa shape index (κ3) is 9.24. The largest absolute Gasteiger partial charge is 0.489 e. The summed E-state index contributed by atoms with van der Waals surface area (Å²) >= 11 is 0. The van der Waals surface area contributed by atoms with Crippen LogP contribution in [-0.4, -0.2) is 52.9 Å². The molecule has 0 bridgehead atoms. The third-order valence-electron chi connectivity index (χ3n) is 9.58. The number of aliphatic hydroxyl groups excluding tert-OH is 4. The summed E-state index contributed by atoms with van der Waals surface area (Å²) in [7, 11) is 0. The lowest BCUT2D eigenvalue weighted by Crippen LogP contribution is -2.35. The van der Waals surface area contributed by atoms with Crippen molar-refractivity contribution in [2.75, 3.05) is 26.4 Å². The van der Waals surface area contributed by atoms with Gasteiger partial charge in [0.25, 0.3) is 0 Å². The molecule has 0 heterocycles. The van der Waals surface area contributed by atoms with Crippen LogP contribution in [0.15, 0.2) is 60.7 Å². The van der Waals surface area contributed by atoms with E-state index in [0.29, 0.717) is 19.8 Å². The van der Waals surface area contributed by atoms with Crippen LogP contribution in [-0.2, 0) is 26.2 Å². The van der Waals surface area contributed by atoms with Gasteiger partial charge in [-0.3, -0.25) is 0 Å². The van der Waals surface area contributed by atoms with Crippen molar-refractivity contribution in [3.8, 4) is 22.6 Å². The van der Waals surface area contributed by atoms with Gasteiger partial charge in [0, 0.05) is 25.7 Å². The number of rotatable bonds is 17. The molecule has 4 aromatic carbocycles. The van der Waals surface area contributed by atoms with E-state index in [9.17, 15) is 20.4 Å². The number of hydrogen-bond donors (Lipinski definition) is 5. The van der Waals surface area contributed by atoms with Crippen LogP contribution in [0.3, 0.4) is 0 Å². The Bertz CT molecular complexity index is 1530. The molecule has 0 aliphatic heterocycles. The lowest BCUT2D eigenvalue weighted by Gasteiger charge is -2.19. The molecule has 4 rings (SSSR count). The molecule has 0 fully saturated rings. The Morgan fingerprint density at radius 1 is 0.562 bits per heavy atom. The van der Waals surface area contributed by atoms with Crippen molar-refractivity contribution >= 4 is 0 Å². The highest BCUT2D eigenvalue weighted by Crippen LogP contribution is 2.33. The molecule has 0 saturated heterocycles. The summed E-state index contributed by atoms with van der Waals surface area (Å²) in [6.07, 6.45) is 1.56. The van der Waals surface area contributed by atoms with Crippen LogP contribution in [0.25, 0.3) is 11.1 Å². The second-order valence-corrected chi connectivity index (χ2v) is 13.1. The minimum atomic E-state index is -0.338. The molecular weight excluding hydrogens is 602 g/mol. The van der Waals surface area contributed by atoms with Crippen LogP contribution in [0.1, 0.15) is 62.1 Å². The number of hydrogen-bond acceptors (Lipinski definition) is 7. The van der Waals surface area contributed by atoms with E-state index in [4.69, 9.17) is 9.47 Å². The second kappa shape index (κ2) is 17.6. The Hall–Kier alpha value is -3.72. The van der Waals surface area contributed by atoms with Gasteiger partial charge >= 0.3 is 0 Å². The molecule has 4 aromatic rings. The van der Waals surface area contributed by atoms with Crippen molar-refractivity contribution in [1.82, 2.24) is 5.32 Å². The first-order chi connectivity index (χ1) is 23.1. The molecule has 0 radical (unpaired) electrons. The van der Waals surface area contributed by atoms with Crippen molar-refractivity contribution in [1.29, 1.82) is 0 Å². The van der Waals surface area contributed by atoms with Crippen molar-refractivity contribution in [3.05, 3.63) is 116 Å². The molecule has 7 nitrogen and oxygen atoms in total. The summed E-state index contributed by atoms with van der Waals surface area (Å²) < 4.78 is 12.7. The maximum atomic E-state index is 9.43. The standard InChI is InChI=1S/C41H53NO6/c1-26-17-40(28(3)15-33(26)14-13-32(20-43)21-44)47-24-34-9-7-11-38(30(34)5)39-12-8-10-35(31(39)6)25-48-41-18-27(2)36(16-29(41)4)19-42-37(22-45)23-46/h7-12,15-18,32,37,42-46H,13-14,19-25H2,1-6H3. The normalized spacial score (nSPS) is 11.5. The van der Waals surface area contributed by atoms with Crippen LogP contribution in [0.2, 0.25) is 0 Å². The quantitative estimate of drug-likeness (QED) is 0.0903. The Labute approximate surface area is 286 Å². The van der Waals surface area contributed by atoms with E-state index in [1.807, 2.05) is 13.8 Å². The average molecular weight is 656 g/mol.